The molecule has 2 aromatic carbocycles. The third kappa shape index (κ3) is 6.02. The van der Waals surface area contributed by atoms with Crippen LogP contribution < -0.4 is 20.5 Å². The van der Waals surface area contributed by atoms with Gasteiger partial charge in [-0.1, -0.05) is 18.1 Å². The fraction of sp³-hybridized carbons (Fsp3) is 0.100. The SMILES string of the molecule is C#CCNS(=O)(=O)c1cccc(Nc2nc(Nc3ccc(C)c(S(N)(=O)=O)c3)ncc2F)c1. The maximum atomic E-state index is 14.3. The van der Waals surface area contributed by atoms with E-state index in [9.17, 15) is 21.2 Å². The minimum absolute atomic E-state index is 0.0393. The van der Waals surface area contributed by atoms with Crippen molar-refractivity contribution < 1.29 is 21.2 Å². The Bertz CT molecular complexity index is 1450. The van der Waals surface area contributed by atoms with E-state index in [0.29, 0.717) is 11.3 Å². The molecule has 33 heavy (non-hydrogen) atoms. The highest BCUT2D eigenvalue weighted by molar-refractivity contribution is 7.89. The Kier molecular flexibility index (Phi) is 6.94. The van der Waals surface area contributed by atoms with E-state index in [1.54, 1.807) is 19.1 Å². The summed E-state index contributed by atoms with van der Waals surface area (Å²) in [4.78, 5) is 7.72. The van der Waals surface area contributed by atoms with Crippen LogP contribution >= 0.6 is 0 Å². The Balaban J connectivity index is 1.87. The zero-order chi connectivity index (χ0) is 24.2. The molecule has 13 heteroatoms. The molecular weight excluding hydrogens is 471 g/mol. The van der Waals surface area contributed by atoms with E-state index in [1.807, 2.05) is 0 Å². The van der Waals surface area contributed by atoms with Gasteiger partial charge in [0.2, 0.25) is 26.0 Å². The maximum absolute atomic E-state index is 14.3. The van der Waals surface area contributed by atoms with Crippen molar-refractivity contribution in [1.29, 1.82) is 0 Å². The summed E-state index contributed by atoms with van der Waals surface area (Å²) in [5, 5.41) is 10.7. The highest BCUT2D eigenvalue weighted by Gasteiger charge is 2.16. The molecule has 0 fully saturated rings. The standard InChI is InChI=1S/C20H19FN6O4S2/c1-3-9-24-33(30,31)16-6-4-5-14(10-16)25-19-17(21)12-23-20(27-19)26-15-8-7-13(2)18(11-15)32(22,28)29/h1,4-8,10-12,24H,9H2,2H3,(H2,22,28,29)(H2,23,25,26,27). The second-order valence-electron chi connectivity index (χ2n) is 6.72. The molecule has 10 nitrogen and oxygen atoms in total. The molecule has 0 bridgehead atoms. The molecular formula is C20H19FN6O4S2. The fourth-order valence-corrected chi connectivity index (χ4v) is 4.51. The molecule has 0 amide bonds. The first-order chi connectivity index (χ1) is 15.5. The van der Waals surface area contributed by atoms with Crippen LogP contribution in [0.5, 0.6) is 0 Å². The third-order valence-corrected chi connectivity index (χ3v) is 6.72. The van der Waals surface area contributed by atoms with E-state index in [-0.39, 0.29) is 33.8 Å². The van der Waals surface area contributed by atoms with Gasteiger partial charge >= 0.3 is 0 Å². The number of aryl methyl sites for hydroxylation is 1. The second kappa shape index (κ2) is 9.51. The van der Waals surface area contributed by atoms with Crippen molar-refractivity contribution >= 4 is 43.2 Å². The van der Waals surface area contributed by atoms with Gasteiger partial charge in [0.1, 0.15) is 0 Å². The van der Waals surface area contributed by atoms with Crippen LogP contribution in [0.2, 0.25) is 0 Å². The quantitative estimate of drug-likeness (QED) is 0.349. The first kappa shape index (κ1) is 24.1. The zero-order valence-electron chi connectivity index (χ0n) is 17.2. The number of terminal acetylenes is 1. The molecule has 0 radical (unpaired) electrons. The molecule has 0 aliphatic carbocycles. The van der Waals surface area contributed by atoms with Crippen molar-refractivity contribution in [2.45, 2.75) is 16.7 Å². The van der Waals surface area contributed by atoms with E-state index in [2.05, 4.69) is 31.2 Å². The Morgan fingerprint density at radius 3 is 2.52 bits per heavy atom. The van der Waals surface area contributed by atoms with Crippen LogP contribution in [0.4, 0.5) is 27.5 Å². The molecule has 0 aliphatic rings. The number of hydrogen-bond donors (Lipinski definition) is 4. The largest absolute Gasteiger partial charge is 0.338 e. The minimum atomic E-state index is -3.94. The normalized spacial score (nSPS) is 11.6. The van der Waals surface area contributed by atoms with Gasteiger partial charge in [-0.25, -0.2) is 31.3 Å². The van der Waals surface area contributed by atoms with Gasteiger partial charge in [-0.3, -0.25) is 0 Å². The van der Waals surface area contributed by atoms with Crippen LogP contribution in [0.25, 0.3) is 0 Å². The van der Waals surface area contributed by atoms with Gasteiger partial charge in [0.15, 0.2) is 11.6 Å². The Morgan fingerprint density at radius 2 is 1.82 bits per heavy atom. The number of hydrogen-bond acceptors (Lipinski definition) is 8. The van der Waals surface area contributed by atoms with Gasteiger partial charge in [-0.15, -0.1) is 6.42 Å². The van der Waals surface area contributed by atoms with Crippen LogP contribution in [-0.2, 0) is 20.0 Å². The van der Waals surface area contributed by atoms with Crippen molar-refractivity contribution in [2.24, 2.45) is 5.14 Å². The Labute approximate surface area is 190 Å². The minimum Gasteiger partial charge on any atom is -0.338 e. The lowest BCUT2D eigenvalue weighted by Crippen LogP contribution is -2.23. The number of nitrogens with two attached hydrogens (primary N) is 1. The molecule has 1 aromatic heterocycles. The van der Waals surface area contributed by atoms with Gasteiger partial charge in [-0.05, 0) is 42.8 Å². The first-order valence-electron chi connectivity index (χ1n) is 9.23. The molecule has 0 aliphatic heterocycles. The summed E-state index contributed by atoms with van der Waals surface area (Å²) in [5.41, 5.74) is 1.01. The monoisotopic (exact) mass is 490 g/mol. The number of halogens is 1. The van der Waals surface area contributed by atoms with Crippen molar-refractivity contribution in [3.63, 3.8) is 0 Å². The molecule has 3 rings (SSSR count). The number of aromatic nitrogens is 2. The van der Waals surface area contributed by atoms with Crippen molar-refractivity contribution in [2.75, 3.05) is 17.2 Å². The molecule has 0 saturated heterocycles. The topological polar surface area (TPSA) is 156 Å². The van der Waals surface area contributed by atoms with Gasteiger partial charge < -0.3 is 10.6 Å². The Hall–Kier alpha value is -3.57. The number of primary sulfonamides is 1. The smallest absolute Gasteiger partial charge is 0.241 e. The summed E-state index contributed by atoms with van der Waals surface area (Å²) in [6.07, 6.45) is 5.99. The molecule has 0 saturated carbocycles. The molecule has 0 unspecified atom stereocenters. The average molecular weight is 491 g/mol. The number of rotatable bonds is 8. The van der Waals surface area contributed by atoms with Gasteiger partial charge in [0, 0.05) is 11.4 Å². The van der Waals surface area contributed by atoms with Crippen LogP contribution in [0.15, 0.2) is 58.5 Å². The predicted octanol–water partition coefficient (Wildman–Crippen LogP) is 1.97. The molecule has 0 atom stereocenters. The number of sulfonamides is 2. The molecule has 3 aromatic rings. The van der Waals surface area contributed by atoms with Crippen LogP contribution in [-0.4, -0.2) is 33.3 Å². The third-order valence-electron chi connectivity index (χ3n) is 4.27. The van der Waals surface area contributed by atoms with E-state index >= 15 is 0 Å². The zero-order valence-corrected chi connectivity index (χ0v) is 18.8. The molecule has 1 heterocycles. The fourth-order valence-electron chi connectivity index (χ4n) is 2.73. The lowest BCUT2D eigenvalue weighted by Gasteiger charge is -2.12. The number of anilines is 4. The number of nitrogens with one attached hydrogen (secondary N) is 3. The van der Waals surface area contributed by atoms with Crippen molar-refractivity contribution in [3.8, 4) is 12.3 Å². The first-order valence-corrected chi connectivity index (χ1v) is 12.3. The van der Waals surface area contributed by atoms with Crippen molar-refractivity contribution in [3.05, 3.63) is 60.0 Å². The predicted molar refractivity (Wildman–Crippen MR) is 122 cm³/mol. The van der Waals surface area contributed by atoms with E-state index in [4.69, 9.17) is 11.6 Å². The van der Waals surface area contributed by atoms with Crippen LogP contribution in [0.3, 0.4) is 0 Å². The summed E-state index contributed by atoms with van der Waals surface area (Å²) in [7, 11) is -7.79. The molecule has 5 N–H and O–H groups in total. The van der Waals surface area contributed by atoms with Crippen LogP contribution in [0, 0.1) is 25.1 Å². The summed E-state index contributed by atoms with van der Waals surface area (Å²) >= 11 is 0. The second-order valence-corrected chi connectivity index (χ2v) is 10.0. The summed E-state index contributed by atoms with van der Waals surface area (Å²) in [6, 6.07) is 10.1. The van der Waals surface area contributed by atoms with Gasteiger partial charge in [0.05, 0.1) is 22.5 Å². The van der Waals surface area contributed by atoms with Crippen molar-refractivity contribution in [1.82, 2.24) is 14.7 Å². The van der Waals surface area contributed by atoms with Crippen LogP contribution in [0.1, 0.15) is 5.56 Å². The number of benzene rings is 2. The molecule has 172 valence electrons. The van der Waals surface area contributed by atoms with Gasteiger partial charge in [-0.2, -0.15) is 9.71 Å². The summed E-state index contributed by atoms with van der Waals surface area (Å²) in [5.74, 6) is 1.10. The number of nitrogens with zero attached hydrogens (tertiary/aromatic N) is 2. The van der Waals surface area contributed by atoms with E-state index < -0.39 is 25.9 Å². The lowest BCUT2D eigenvalue weighted by atomic mass is 10.2. The highest BCUT2D eigenvalue weighted by Crippen LogP contribution is 2.24. The maximum Gasteiger partial charge on any atom is 0.241 e. The molecule has 0 spiro atoms. The lowest BCUT2D eigenvalue weighted by molar-refractivity contribution is 0.586. The average Bonchev–Trinajstić information content (AvgIpc) is 2.75. The highest BCUT2D eigenvalue weighted by atomic mass is 32.2. The Morgan fingerprint density at radius 1 is 1.09 bits per heavy atom. The van der Waals surface area contributed by atoms with E-state index in [1.165, 1.54) is 30.3 Å². The van der Waals surface area contributed by atoms with E-state index in [0.717, 1.165) is 6.20 Å². The summed E-state index contributed by atoms with van der Waals surface area (Å²) in [6.45, 7) is 1.41. The summed E-state index contributed by atoms with van der Waals surface area (Å²) < 4.78 is 64.5. The van der Waals surface area contributed by atoms with Gasteiger partial charge in [0.25, 0.3) is 0 Å².